The second kappa shape index (κ2) is 53.9. The summed E-state index contributed by atoms with van der Waals surface area (Å²) < 4.78 is 30.3. The van der Waals surface area contributed by atoms with Gasteiger partial charge in [-0.1, -0.05) is 270 Å². The number of likely N-dealkylation sites (N-methyl/N-ethyl adjacent to an activating group) is 1. The molecule has 0 fully saturated rings. The number of nitrogens with one attached hydrogen (secondary N) is 1. The molecule has 0 saturated carbocycles. The van der Waals surface area contributed by atoms with Gasteiger partial charge in [-0.05, 0) is 57.4 Å². The molecule has 10 heteroatoms. The van der Waals surface area contributed by atoms with Crippen molar-refractivity contribution in [2.45, 2.75) is 328 Å². The highest BCUT2D eigenvalue weighted by Crippen LogP contribution is 2.38. The van der Waals surface area contributed by atoms with Crippen LogP contribution in [0.3, 0.4) is 0 Å². The molecule has 0 aliphatic rings. The van der Waals surface area contributed by atoms with Gasteiger partial charge in [-0.3, -0.25) is 14.2 Å². The van der Waals surface area contributed by atoms with Crippen LogP contribution < -0.4 is 10.2 Å². The first-order valence-corrected chi connectivity index (χ1v) is 33.1. The maximum absolute atomic E-state index is 13.5. The van der Waals surface area contributed by atoms with Gasteiger partial charge in [-0.15, -0.1) is 0 Å². The number of hydrogen-bond donors (Lipinski definition) is 1. The summed E-state index contributed by atoms with van der Waals surface area (Å²) in [5.41, 5.74) is 0. The number of allylic oxidation sites excluding steroid dienone is 3. The molecule has 0 aromatic rings. The number of amides is 1. The zero-order valence-electron chi connectivity index (χ0n) is 49.4. The van der Waals surface area contributed by atoms with Crippen LogP contribution in [0, 0.1) is 0 Å². The molecule has 1 amide bonds. The Bertz CT molecular complexity index is 1300. The fraction of sp³-hybridized carbons (Fsp3) is 0.905. The van der Waals surface area contributed by atoms with Gasteiger partial charge >= 0.3 is 5.97 Å². The molecule has 432 valence electrons. The second-order valence-electron chi connectivity index (χ2n) is 22.9. The van der Waals surface area contributed by atoms with E-state index >= 15 is 0 Å². The monoisotopic (exact) mass is 1050 g/mol. The Morgan fingerprint density at radius 1 is 0.466 bits per heavy atom. The zero-order valence-corrected chi connectivity index (χ0v) is 50.3. The quantitative estimate of drug-likeness (QED) is 0.0212. The van der Waals surface area contributed by atoms with Crippen molar-refractivity contribution in [1.29, 1.82) is 0 Å². The minimum absolute atomic E-state index is 0.0187. The predicted molar refractivity (Wildman–Crippen MR) is 312 cm³/mol. The number of hydrogen-bond acceptors (Lipinski definition) is 7. The lowest BCUT2D eigenvalue weighted by Crippen LogP contribution is -2.47. The standard InChI is InChI=1S/C63H123N2O7P/c1-7-10-13-16-19-22-25-28-30-31-32-33-34-35-36-37-40-43-46-49-52-55-62(66)64-60(59-71-73(68,69)70-58-57-65(4,5)6)61(54-51-48-45-42-39-27-24-21-18-15-12-9-3)72-63(67)56-53-50-47-44-41-38-29-26-23-20-17-14-11-8-2/h28,30,51,54,60-61H,7-27,29,31-50,52-53,55-59H2,1-6H3,(H-,64,66,68,69)/b30-28+,54-51-. The Morgan fingerprint density at radius 2 is 0.795 bits per heavy atom. The van der Waals surface area contributed by atoms with Crippen LogP contribution in [0.15, 0.2) is 24.3 Å². The molecular formula is C63H123N2O7P. The van der Waals surface area contributed by atoms with Crippen LogP contribution in [0.5, 0.6) is 0 Å². The van der Waals surface area contributed by atoms with Gasteiger partial charge in [0.15, 0.2) is 0 Å². The molecule has 0 spiro atoms. The average molecular weight is 1050 g/mol. The first-order chi connectivity index (χ1) is 35.4. The Kier molecular flexibility index (Phi) is 52.8. The highest BCUT2D eigenvalue weighted by molar-refractivity contribution is 7.45. The minimum Gasteiger partial charge on any atom is -0.756 e. The molecular weight excluding hydrogens is 928 g/mol. The molecule has 0 aliphatic carbocycles. The van der Waals surface area contributed by atoms with Gasteiger partial charge in [0.25, 0.3) is 7.82 Å². The van der Waals surface area contributed by atoms with Gasteiger partial charge in [0.2, 0.25) is 5.91 Å². The van der Waals surface area contributed by atoms with Crippen LogP contribution in [0.25, 0.3) is 0 Å². The third-order valence-electron chi connectivity index (χ3n) is 14.4. The number of phosphoric ester groups is 1. The van der Waals surface area contributed by atoms with E-state index < -0.39 is 20.0 Å². The highest BCUT2D eigenvalue weighted by Gasteiger charge is 2.27. The molecule has 0 bridgehead atoms. The van der Waals surface area contributed by atoms with Crippen molar-refractivity contribution in [2.75, 3.05) is 40.9 Å². The third kappa shape index (κ3) is 55.1. The fourth-order valence-corrected chi connectivity index (χ4v) is 10.2. The Balaban J connectivity index is 5.17. The van der Waals surface area contributed by atoms with Crippen molar-refractivity contribution in [1.82, 2.24) is 5.32 Å². The summed E-state index contributed by atoms with van der Waals surface area (Å²) >= 11 is 0. The largest absolute Gasteiger partial charge is 0.756 e. The van der Waals surface area contributed by atoms with E-state index in [-0.39, 0.29) is 31.5 Å². The molecule has 3 unspecified atom stereocenters. The number of phosphoric acid groups is 1. The molecule has 3 atom stereocenters. The van der Waals surface area contributed by atoms with Crippen LogP contribution in [-0.2, 0) is 27.9 Å². The smallest absolute Gasteiger partial charge is 0.306 e. The van der Waals surface area contributed by atoms with Gasteiger partial charge in [0.05, 0.1) is 33.8 Å². The van der Waals surface area contributed by atoms with Gasteiger partial charge in [-0.2, -0.15) is 0 Å². The summed E-state index contributed by atoms with van der Waals surface area (Å²) in [5, 5.41) is 3.04. The molecule has 0 aromatic carbocycles. The van der Waals surface area contributed by atoms with Crippen LogP contribution in [0.4, 0.5) is 0 Å². The highest BCUT2D eigenvalue weighted by atomic mass is 31.2. The molecule has 0 rings (SSSR count). The molecule has 0 heterocycles. The van der Waals surface area contributed by atoms with Crippen LogP contribution in [0.2, 0.25) is 0 Å². The van der Waals surface area contributed by atoms with E-state index in [9.17, 15) is 19.0 Å². The molecule has 0 saturated heterocycles. The van der Waals surface area contributed by atoms with Crippen LogP contribution in [0.1, 0.15) is 316 Å². The van der Waals surface area contributed by atoms with Crippen molar-refractivity contribution in [3.8, 4) is 0 Å². The zero-order chi connectivity index (χ0) is 53.6. The fourth-order valence-electron chi connectivity index (χ4n) is 9.46. The van der Waals surface area contributed by atoms with Crippen molar-refractivity contribution in [3.63, 3.8) is 0 Å². The summed E-state index contributed by atoms with van der Waals surface area (Å²) in [6.45, 7) is 6.88. The first kappa shape index (κ1) is 71.5. The van der Waals surface area contributed by atoms with E-state index in [0.717, 1.165) is 57.8 Å². The number of quaternary nitrogens is 1. The molecule has 0 aliphatic heterocycles. The summed E-state index contributed by atoms with van der Waals surface area (Å²) in [5.74, 6) is -0.525. The number of rotatable bonds is 58. The molecule has 1 N–H and O–H groups in total. The average Bonchev–Trinajstić information content (AvgIpc) is 3.35. The number of carbonyl (C=O) groups is 2. The van der Waals surface area contributed by atoms with Crippen molar-refractivity contribution >= 4 is 19.7 Å². The number of ether oxygens (including phenoxy) is 1. The SMILES string of the molecule is CCCCCCCC/C=C/CCCCCCCCCCCCCC(=O)NC(COP(=O)([O-])OCC[N+](C)(C)C)C(/C=C\CCCCCCCCCCCC)OC(=O)CCCCCCCCCCCCCCCC. The lowest BCUT2D eigenvalue weighted by molar-refractivity contribution is -0.870. The van der Waals surface area contributed by atoms with Crippen molar-refractivity contribution in [2.24, 2.45) is 0 Å². The first-order valence-electron chi connectivity index (χ1n) is 31.6. The lowest BCUT2D eigenvalue weighted by atomic mass is 10.0. The van der Waals surface area contributed by atoms with E-state index in [1.807, 2.05) is 33.3 Å². The Morgan fingerprint density at radius 3 is 1.16 bits per heavy atom. The molecule has 0 aromatic heterocycles. The van der Waals surface area contributed by atoms with E-state index in [1.165, 1.54) is 225 Å². The van der Waals surface area contributed by atoms with Crippen LogP contribution >= 0.6 is 7.82 Å². The van der Waals surface area contributed by atoms with E-state index in [4.69, 9.17) is 13.8 Å². The summed E-state index contributed by atoms with van der Waals surface area (Å²) in [7, 11) is 1.20. The number of esters is 1. The van der Waals surface area contributed by atoms with E-state index in [1.54, 1.807) is 0 Å². The van der Waals surface area contributed by atoms with Crippen molar-refractivity contribution < 1.29 is 37.3 Å². The summed E-state index contributed by atoms with van der Waals surface area (Å²) in [6, 6.07) is -0.882. The predicted octanol–water partition coefficient (Wildman–Crippen LogP) is 18.7. The summed E-state index contributed by atoms with van der Waals surface area (Å²) in [4.78, 5) is 40.0. The van der Waals surface area contributed by atoms with Gasteiger partial charge < -0.3 is 28.5 Å². The van der Waals surface area contributed by atoms with Gasteiger partial charge in [-0.25, -0.2) is 0 Å². The number of carbonyl (C=O) groups excluding carboxylic acids is 2. The minimum atomic E-state index is -4.69. The van der Waals surface area contributed by atoms with Crippen molar-refractivity contribution in [3.05, 3.63) is 24.3 Å². The number of nitrogens with zero attached hydrogens (tertiary/aromatic N) is 1. The topological polar surface area (TPSA) is 114 Å². The molecule has 73 heavy (non-hydrogen) atoms. The third-order valence-corrected chi connectivity index (χ3v) is 15.3. The van der Waals surface area contributed by atoms with E-state index in [2.05, 4.69) is 38.2 Å². The summed E-state index contributed by atoms with van der Waals surface area (Å²) in [6.07, 6.45) is 62.8. The molecule has 9 nitrogen and oxygen atoms in total. The maximum atomic E-state index is 13.5. The Hall–Kier alpha value is -1.51. The van der Waals surface area contributed by atoms with Crippen LogP contribution in [-0.4, -0.2) is 69.4 Å². The Labute approximate surface area is 454 Å². The van der Waals surface area contributed by atoms with Gasteiger partial charge in [0, 0.05) is 12.8 Å². The normalized spacial score (nSPS) is 13.8. The molecule has 0 radical (unpaired) electrons. The van der Waals surface area contributed by atoms with E-state index in [0.29, 0.717) is 17.4 Å². The maximum Gasteiger partial charge on any atom is 0.306 e. The van der Waals surface area contributed by atoms with Gasteiger partial charge in [0.1, 0.15) is 19.3 Å². The lowest BCUT2D eigenvalue weighted by Gasteiger charge is -2.30. The second-order valence-corrected chi connectivity index (χ2v) is 24.3. The number of unbranched alkanes of at least 4 members (excludes halogenated alkanes) is 40.